The van der Waals surface area contributed by atoms with Gasteiger partial charge in [-0.1, -0.05) is 152 Å². The van der Waals surface area contributed by atoms with E-state index >= 15 is 0 Å². The Morgan fingerprint density at radius 2 is 1.23 bits per heavy atom. The molecular weight excluding hydrogens is 875 g/mol. The van der Waals surface area contributed by atoms with E-state index in [4.69, 9.17) is 14.7 Å². The van der Waals surface area contributed by atoms with E-state index in [0.29, 0.717) is 5.84 Å². The predicted molar refractivity (Wildman–Crippen MR) is 292 cm³/mol. The SMILES string of the molecule is c1ccc(C2=NC(n3c4ccc(-c5ccc6c7cnccc7n(-c7ccc8ccccc8c7)c6c5)cc4c4c5ccccc5c5sc6ccccc6c5c43)C3Oc4c(ccc5ccccc45)C3=N2)cc1. The summed E-state index contributed by atoms with van der Waals surface area (Å²) in [6.07, 6.45) is 2.92. The van der Waals surface area contributed by atoms with E-state index in [0.717, 1.165) is 77.6 Å². The highest BCUT2D eigenvalue weighted by Gasteiger charge is 2.43. The third kappa shape index (κ3) is 5.29. The first kappa shape index (κ1) is 38.1. The Bertz CT molecular complexity index is 4650. The molecule has 0 spiro atoms. The molecule has 14 aromatic rings. The van der Waals surface area contributed by atoms with Gasteiger partial charge in [0.05, 0.1) is 27.8 Å². The molecule has 70 heavy (non-hydrogen) atoms. The summed E-state index contributed by atoms with van der Waals surface area (Å²) in [5.41, 5.74) is 10.8. The molecule has 0 saturated carbocycles. The van der Waals surface area contributed by atoms with E-state index in [2.05, 4.69) is 208 Å². The molecule has 0 radical (unpaired) electrons. The first-order chi connectivity index (χ1) is 34.7. The van der Waals surface area contributed by atoms with Crippen molar-refractivity contribution in [1.82, 2.24) is 14.1 Å². The van der Waals surface area contributed by atoms with E-state index in [-0.39, 0.29) is 0 Å². The number of aliphatic imine (C=N–C) groups is 2. The molecule has 0 amide bonds. The zero-order valence-electron chi connectivity index (χ0n) is 37.4. The lowest BCUT2D eigenvalue weighted by molar-refractivity contribution is 0.221. The number of ether oxygens (including phenoxy) is 1. The van der Waals surface area contributed by atoms with Gasteiger partial charge < -0.3 is 13.9 Å². The van der Waals surface area contributed by atoms with Crippen LogP contribution in [0.1, 0.15) is 17.3 Å². The Hall–Kier alpha value is -8.91. The number of amidine groups is 1. The number of hydrogen-bond donors (Lipinski definition) is 0. The van der Waals surface area contributed by atoms with Gasteiger partial charge in [0.25, 0.3) is 0 Å². The lowest BCUT2D eigenvalue weighted by atomic mass is 9.97. The molecule has 2 aliphatic heterocycles. The molecule has 2 unspecified atom stereocenters. The van der Waals surface area contributed by atoms with E-state index in [9.17, 15) is 0 Å². The lowest BCUT2D eigenvalue weighted by Gasteiger charge is -2.28. The molecule has 6 nitrogen and oxygen atoms in total. The highest BCUT2D eigenvalue weighted by molar-refractivity contribution is 7.27. The molecule has 2 aliphatic rings. The van der Waals surface area contributed by atoms with Crippen LogP contribution in [0.4, 0.5) is 0 Å². The number of nitrogens with zero attached hydrogens (tertiary/aromatic N) is 5. The average Bonchev–Trinajstić information content (AvgIpc) is 4.19. The van der Waals surface area contributed by atoms with Crippen molar-refractivity contribution in [2.24, 2.45) is 9.98 Å². The van der Waals surface area contributed by atoms with E-state index in [1.54, 1.807) is 0 Å². The molecule has 0 fully saturated rings. The first-order valence-electron chi connectivity index (χ1n) is 23.8. The maximum atomic E-state index is 7.28. The minimum absolute atomic E-state index is 0.480. The number of aromatic nitrogens is 3. The fourth-order valence-electron chi connectivity index (χ4n) is 11.8. The third-order valence-electron chi connectivity index (χ3n) is 14.9. The van der Waals surface area contributed by atoms with Gasteiger partial charge in [0.1, 0.15) is 5.75 Å². The van der Waals surface area contributed by atoms with Crippen LogP contribution in [-0.4, -0.2) is 31.8 Å². The fraction of sp³-hybridized carbons (Fsp3) is 0.0317. The average molecular weight is 912 g/mol. The standard InChI is InChI=1S/C63H37N5OS/c1-2-14-38(15-3-1)62-65-57-48-28-23-37-13-6-7-17-43(37)59(48)69-60(57)63(66-62)68-51-29-25-40(33-49(51)55-45-18-8-9-19-46(45)61-56(58(55)68)47-20-10-11-21-54(47)70-61)41-24-27-44-50-35-64-31-30-52(50)67(53(44)34-41)42-26-22-36-12-4-5-16-39(36)32-42/h1-35,60,63H. The van der Waals surface area contributed by atoms with Crippen LogP contribution >= 0.6 is 11.3 Å². The van der Waals surface area contributed by atoms with Crippen molar-refractivity contribution in [1.29, 1.82) is 0 Å². The molecule has 4 aromatic heterocycles. The summed E-state index contributed by atoms with van der Waals surface area (Å²) in [7, 11) is 0. The Labute approximate surface area is 404 Å². The van der Waals surface area contributed by atoms with Crippen LogP contribution < -0.4 is 4.74 Å². The molecule has 326 valence electrons. The molecule has 0 aliphatic carbocycles. The highest BCUT2D eigenvalue weighted by Crippen LogP contribution is 2.51. The van der Waals surface area contributed by atoms with Crippen LogP contribution in [0.5, 0.6) is 5.75 Å². The Balaban J connectivity index is 0.991. The zero-order chi connectivity index (χ0) is 45.6. The first-order valence-corrected chi connectivity index (χ1v) is 24.6. The molecule has 6 heterocycles. The van der Waals surface area contributed by atoms with Crippen LogP contribution in [0.15, 0.2) is 223 Å². The second-order valence-corrected chi connectivity index (χ2v) is 19.6. The Morgan fingerprint density at radius 3 is 2.13 bits per heavy atom. The van der Waals surface area contributed by atoms with Crippen LogP contribution in [0.3, 0.4) is 0 Å². The topological polar surface area (TPSA) is 56.7 Å². The molecule has 16 rings (SSSR count). The minimum atomic E-state index is -0.495. The number of pyridine rings is 1. The molecule has 0 saturated heterocycles. The summed E-state index contributed by atoms with van der Waals surface area (Å²) in [6, 6.07) is 72.5. The second kappa shape index (κ2) is 14.3. The maximum Gasteiger partial charge on any atom is 0.182 e. The van der Waals surface area contributed by atoms with E-state index < -0.39 is 12.3 Å². The molecule has 7 heteroatoms. The summed E-state index contributed by atoms with van der Waals surface area (Å²) in [6.45, 7) is 0. The van der Waals surface area contributed by atoms with Crippen molar-refractivity contribution >= 4 is 119 Å². The van der Waals surface area contributed by atoms with Gasteiger partial charge in [-0.25, -0.2) is 9.98 Å². The number of benzene rings is 10. The number of thiophene rings is 1. The number of hydrogen-bond acceptors (Lipinski definition) is 5. The highest BCUT2D eigenvalue weighted by atomic mass is 32.1. The smallest absolute Gasteiger partial charge is 0.182 e. The van der Waals surface area contributed by atoms with Crippen molar-refractivity contribution in [3.63, 3.8) is 0 Å². The Morgan fingerprint density at radius 1 is 0.486 bits per heavy atom. The molecule has 0 N–H and O–H groups in total. The van der Waals surface area contributed by atoms with Gasteiger partial charge in [-0.3, -0.25) is 4.98 Å². The normalized spacial score (nSPS) is 15.7. The fourth-order valence-corrected chi connectivity index (χ4v) is 13.0. The molecule has 0 bridgehead atoms. The van der Waals surface area contributed by atoms with Gasteiger partial charge >= 0.3 is 0 Å². The summed E-state index contributed by atoms with van der Waals surface area (Å²) in [4.78, 5) is 15.7. The lowest BCUT2D eigenvalue weighted by Crippen LogP contribution is -2.36. The van der Waals surface area contributed by atoms with Crippen LogP contribution in [0.2, 0.25) is 0 Å². The van der Waals surface area contributed by atoms with Gasteiger partial charge in [-0.2, -0.15) is 0 Å². The number of rotatable bonds is 4. The summed E-state index contributed by atoms with van der Waals surface area (Å²) < 4.78 is 14.7. The van der Waals surface area contributed by atoms with Gasteiger partial charge in [-0.05, 0) is 81.2 Å². The molecular formula is C63H37N5OS. The second-order valence-electron chi connectivity index (χ2n) is 18.6. The minimum Gasteiger partial charge on any atom is -0.478 e. The van der Waals surface area contributed by atoms with Crippen molar-refractivity contribution in [2.45, 2.75) is 12.3 Å². The van der Waals surface area contributed by atoms with Gasteiger partial charge in [-0.15, -0.1) is 11.3 Å². The van der Waals surface area contributed by atoms with E-state index in [1.165, 1.54) is 57.9 Å². The van der Waals surface area contributed by atoms with Gasteiger partial charge in [0.15, 0.2) is 18.1 Å². The predicted octanol–water partition coefficient (Wildman–Crippen LogP) is 16.0. The largest absolute Gasteiger partial charge is 0.478 e. The monoisotopic (exact) mass is 911 g/mol. The molecule has 2 atom stereocenters. The maximum absolute atomic E-state index is 7.28. The zero-order valence-corrected chi connectivity index (χ0v) is 38.2. The quantitative estimate of drug-likeness (QED) is 0.177. The van der Waals surface area contributed by atoms with Gasteiger partial charge in [0, 0.05) is 81.7 Å². The Kier molecular flexibility index (Phi) is 7.79. The van der Waals surface area contributed by atoms with Crippen molar-refractivity contribution in [3.05, 3.63) is 224 Å². The van der Waals surface area contributed by atoms with Gasteiger partial charge in [0.2, 0.25) is 0 Å². The summed E-state index contributed by atoms with van der Waals surface area (Å²) >= 11 is 1.87. The summed E-state index contributed by atoms with van der Waals surface area (Å²) in [5.74, 6) is 1.56. The van der Waals surface area contributed by atoms with Crippen LogP contribution in [-0.2, 0) is 0 Å². The van der Waals surface area contributed by atoms with Crippen LogP contribution in [0, 0.1) is 0 Å². The van der Waals surface area contributed by atoms with Crippen molar-refractivity contribution in [3.8, 4) is 22.6 Å². The van der Waals surface area contributed by atoms with Crippen molar-refractivity contribution < 1.29 is 4.74 Å². The third-order valence-corrected chi connectivity index (χ3v) is 16.1. The number of fused-ring (bicyclic) bond motifs is 19. The van der Waals surface area contributed by atoms with E-state index in [1.807, 2.05) is 29.8 Å². The molecule has 10 aromatic carbocycles. The van der Waals surface area contributed by atoms with Crippen LogP contribution in [0.25, 0.3) is 113 Å². The summed E-state index contributed by atoms with van der Waals surface area (Å²) in [5, 5.41) is 14.3. The van der Waals surface area contributed by atoms with Crippen molar-refractivity contribution in [2.75, 3.05) is 0 Å².